The van der Waals surface area contributed by atoms with Gasteiger partial charge in [0.1, 0.15) is 11.3 Å². The predicted molar refractivity (Wildman–Crippen MR) is 91.5 cm³/mol. The van der Waals surface area contributed by atoms with E-state index in [0.717, 1.165) is 22.6 Å². The highest BCUT2D eigenvalue weighted by Crippen LogP contribution is 2.27. The average Bonchev–Trinajstić information content (AvgIpc) is 2.85. The van der Waals surface area contributed by atoms with Crippen LogP contribution in [0.2, 0.25) is 5.02 Å². The number of imidazole rings is 1. The number of halogens is 1. The molecular weight excluding hydrogens is 308 g/mol. The highest BCUT2D eigenvalue weighted by atomic mass is 35.5. The maximum atomic E-state index is 9.08. The SMILES string of the molecule is CC(C)(C)c1nc2cc(Cl)cnc2n1Cc1cccc(C#N)c1. The zero-order valence-corrected chi connectivity index (χ0v) is 14.1. The number of nitrogens with zero attached hydrogens (tertiary/aromatic N) is 4. The van der Waals surface area contributed by atoms with Gasteiger partial charge in [-0.05, 0) is 23.8 Å². The number of rotatable bonds is 2. The molecule has 0 spiro atoms. The first-order chi connectivity index (χ1) is 10.9. The van der Waals surface area contributed by atoms with Gasteiger partial charge in [0.25, 0.3) is 0 Å². The molecule has 0 saturated heterocycles. The van der Waals surface area contributed by atoms with Crippen molar-refractivity contribution in [3.8, 4) is 6.07 Å². The van der Waals surface area contributed by atoms with Gasteiger partial charge in [0.05, 0.1) is 23.2 Å². The van der Waals surface area contributed by atoms with E-state index in [1.165, 1.54) is 0 Å². The summed E-state index contributed by atoms with van der Waals surface area (Å²) in [6.07, 6.45) is 1.64. The standard InChI is InChI=1S/C18H17ClN4/c1-18(2,3)17-22-15-8-14(19)10-21-16(15)23(17)11-13-6-4-5-12(7-13)9-20/h4-8,10H,11H2,1-3H3. The maximum Gasteiger partial charge on any atom is 0.160 e. The summed E-state index contributed by atoms with van der Waals surface area (Å²) in [7, 11) is 0. The number of aromatic nitrogens is 3. The summed E-state index contributed by atoms with van der Waals surface area (Å²) in [4.78, 5) is 9.19. The Balaban J connectivity index is 2.16. The third-order valence-electron chi connectivity index (χ3n) is 3.62. The molecule has 0 aliphatic rings. The molecule has 23 heavy (non-hydrogen) atoms. The lowest BCUT2D eigenvalue weighted by molar-refractivity contribution is 0.515. The second kappa shape index (κ2) is 5.68. The second-order valence-corrected chi connectivity index (χ2v) is 7.02. The molecule has 0 N–H and O–H groups in total. The topological polar surface area (TPSA) is 54.5 Å². The van der Waals surface area contributed by atoms with E-state index in [-0.39, 0.29) is 5.41 Å². The van der Waals surface area contributed by atoms with E-state index in [4.69, 9.17) is 21.8 Å². The lowest BCUT2D eigenvalue weighted by atomic mass is 9.95. The predicted octanol–water partition coefficient (Wildman–Crippen LogP) is 4.30. The number of fused-ring (bicyclic) bond motifs is 1. The van der Waals surface area contributed by atoms with Crippen molar-refractivity contribution in [2.45, 2.75) is 32.7 Å². The Kier molecular flexibility index (Phi) is 3.83. The van der Waals surface area contributed by atoms with Crippen LogP contribution in [0.1, 0.15) is 37.7 Å². The molecule has 2 heterocycles. The van der Waals surface area contributed by atoms with E-state index in [0.29, 0.717) is 17.1 Å². The summed E-state index contributed by atoms with van der Waals surface area (Å²) < 4.78 is 2.10. The third kappa shape index (κ3) is 3.06. The molecule has 0 aliphatic heterocycles. The van der Waals surface area contributed by atoms with Crippen LogP contribution < -0.4 is 0 Å². The van der Waals surface area contributed by atoms with Crippen LogP contribution in [0.15, 0.2) is 36.5 Å². The van der Waals surface area contributed by atoms with Crippen molar-refractivity contribution in [3.63, 3.8) is 0 Å². The van der Waals surface area contributed by atoms with Crippen molar-refractivity contribution in [2.24, 2.45) is 0 Å². The fraction of sp³-hybridized carbons (Fsp3) is 0.278. The Morgan fingerprint density at radius 1 is 1.26 bits per heavy atom. The van der Waals surface area contributed by atoms with E-state index in [9.17, 15) is 0 Å². The van der Waals surface area contributed by atoms with Gasteiger partial charge < -0.3 is 4.57 Å². The van der Waals surface area contributed by atoms with Gasteiger partial charge in [-0.15, -0.1) is 0 Å². The lowest BCUT2D eigenvalue weighted by Crippen LogP contribution is -2.19. The largest absolute Gasteiger partial charge is 0.308 e. The minimum absolute atomic E-state index is 0.125. The number of hydrogen-bond acceptors (Lipinski definition) is 3. The Hall–Kier alpha value is -2.38. The van der Waals surface area contributed by atoms with Gasteiger partial charge in [0.15, 0.2) is 5.65 Å². The van der Waals surface area contributed by atoms with Crippen LogP contribution in [0, 0.1) is 11.3 Å². The first kappa shape index (κ1) is 15.5. The first-order valence-corrected chi connectivity index (χ1v) is 7.77. The molecule has 3 rings (SSSR count). The van der Waals surface area contributed by atoms with Gasteiger partial charge in [-0.3, -0.25) is 0 Å². The highest BCUT2D eigenvalue weighted by molar-refractivity contribution is 6.31. The van der Waals surface area contributed by atoms with Crippen LogP contribution in [0.25, 0.3) is 11.2 Å². The summed E-state index contributed by atoms with van der Waals surface area (Å²) in [5, 5.41) is 9.66. The van der Waals surface area contributed by atoms with Crippen LogP contribution in [0.3, 0.4) is 0 Å². The van der Waals surface area contributed by atoms with Crippen LogP contribution in [0.4, 0.5) is 0 Å². The Morgan fingerprint density at radius 2 is 2.04 bits per heavy atom. The van der Waals surface area contributed by atoms with E-state index >= 15 is 0 Å². The Morgan fingerprint density at radius 3 is 2.74 bits per heavy atom. The van der Waals surface area contributed by atoms with E-state index in [2.05, 4.69) is 36.4 Å². The number of benzene rings is 1. The van der Waals surface area contributed by atoms with Crippen molar-refractivity contribution >= 4 is 22.8 Å². The van der Waals surface area contributed by atoms with Crippen LogP contribution in [-0.2, 0) is 12.0 Å². The molecule has 0 amide bonds. The molecule has 5 heteroatoms. The molecule has 0 unspecified atom stereocenters. The Labute approximate surface area is 140 Å². The average molecular weight is 325 g/mol. The molecule has 0 bridgehead atoms. The summed E-state index contributed by atoms with van der Waals surface area (Å²) in [5.74, 6) is 0.949. The summed E-state index contributed by atoms with van der Waals surface area (Å²) in [6, 6.07) is 11.6. The van der Waals surface area contributed by atoms with Gasteiger partial charge in [-0.2, -0.15) is 5.26 Å². The fourth-order valence-corrected chi connectivity index (χ4v) is 2.78. The van der Waals surface area contributed by atoms with Gasteiger partial charge in [0, 0.05) is 11.6 Å². The molecule has 0 saturated carbocycles. The quantitative estimate of drug-likeness (QED) is 0.706. The minimum atomic E-state index is -0.125. The molecule has 116 valence electrons. The van der Waals surface area contributed by atoms with Crippen molar-refractivity contribution in [3.05, 3.63) is 58.5 Å². The summed E-state index contributed by atoms with van der Waals surface area (Å²) in [6.45, 7) is 6.99. The molecule has 0 radical (unpaired) electrons. The van der Waals surface area contributed by atoms with Crippen LogP contribution in [-0.4, -0.2) is 14.5 Å². The fourth-order valence-electron chi connectivity index (χ4n) is 2.63. The van der Waals surface area contributed by atoms with Crippen LogP contribution in [0.5, 0.6) is 0 Å². The second-order valence-electron chi connectivity index (χ2n) is 6.58. The highest BCUT2D eigenvalue weighted by Gasteiger charge is 2.23. The minimum Gasteiger partial charge on any atom is -0.308 e. The zero-order chi connectivity index (χ0) is 16.6. The number of nitriles is 1. The number of pyridine rings is 1. The molecule has 2 aromatic heterocycles. The molecule has 0 atom stereocenters. The summed E-state index contributed by atoms with van der Waals surface area (Å²) in [5.41, 5.74) is 3.17. The molecule has 0 fully saturated rings. The van der Waals surface area contributed by atoms with Crippen molar-refractivity contribution < 1.29 is 0 Å². The smallest absolute Gasteiger partial charge is 0.160 e. The van der Waals surface area contributed by atoms with Gasteiger partial charge in [-0.1, -0.05) is 44.5 Å². The maximum absolute atomic E-state index is 9.08. The normalized spacial score (nSPS) is 11.6. The van der Waals surface area contributed by atoms with E-state index in [1.54, 1.807) is 12.3 Å². The monoisotopic (exact) mass is 324 g/mol. The summed E-state index contributed by atoms with van der Waals surface area (Å²) >= 11 is 6.05. The third-order valence-corrected chi connectivity index (χ3v) is 3.83. The van der Waals surface area contributed by atoms with E-state index in [1.807, 2.05) is 24.3 Å². The van der Waals surface area contributed by atoms with Gasteiger partial charge >= 0.3 is 0 Å². The molecule has 0 aliphatic carbocycles. The zero-order valence-electron chi connectivity index (χ0n) is 13.3. The molecule has 1 aromatic carbocycles. The Bertz CT molecular complexity index is 913. The lowest BCUT2D eigenvalue weighted by Gasteiger charge is -2.20. The number of hydrogen-bond donors (Lipinski definition) is 0. The van der Waals surface area contributed by atoms with E-state index < -0.39 is 0 Å². The molecule has 3 aromatic rings. The van der Waals surface area contributed by atoms with Crippen LogP contribution >= 0.6 is 11.6 Å². The van der Waals surface area contributed by atoms with Crippen molar-refractivity contribution in [1.29, 1.82) is 5.26 Å². The molecule has 4 nitrogen and oxygen atoms in total. The first-order valence-electron chi connectivity index (χ1n) is 7.40. The van der Waals surface area contributed by atoms with Crippen molar-refractivity contribution in [2.75, 3.05) is 0 Å². The van der Waals surface area contributed by atoms with Crippen molar-refractivity contribution in [1.82, 2.24) is 14.5 Å². The molecular formula is C18H17ClN4. The van der Waals surface area contributed by atoms with Gasteiger partial charge in [-0.25, -0.2) is 9.97 Å². The van der Waals surface area contributed by atoms with Gasteiger partial charge in [0.2, 0.25) is 0 Å².